The number of amides is 1. The van der Waals surface area contributed by atoms with E-state index in [1.54, 1.807) is 24.3 Å². The highest BCUT2D eigenvalue weighted by Gasteiger charge is 2.15. The molecule has 0 bridgehead atoms. The first-order valence-electron chi connectivity index (χ1n) is 7.51. The summed E-state index contributed by atoms with van der Waals surface area (Å²) < 4.78 is 15.5. The van der Waals surface area contributed by atoms with Crippen molar-refractivity contribution in [3.05, 3.63) is 47.5 Å². The third-order valence-corrected chi connectivity index (χ3v) is 3.22. The van der Waals surface area contributed by atoms with Crippen LogP contribution in [-0.4, -0.2) is 37.4 Å². The van der Waals surface area contributed by atoms with Crippen LogP contribution < -0.4 is 19.6 Å². The van der Waals surface area contributed by atoms with E-state index >= 15 is 0 Å². The predicted molar refractivity (Wildman–Crippen MR) is 94.0 cm³/mol. The summed E-state index contributed by atoms with van der Waals surface area (Å²) in [6.45, 7) is 1.27. The highest BCUT2D eigenvalue weighted by atomic mass is 16.6. The standard InChI is InChI=1S/C18H18N2O6/c1-11(21)26-17-15(24-2)7-12(8-16(17)25-3)10-19-20-18(23)13-5-4-6-14(22)9-13/h4-10,22H,1-3H3,(H,20,23)/b19-10+. The molecule has 8 nitrogen and oxygen atoms in total. The molecular formula is C18H18N2O6. The van der Waals surface area contributed by atoms with E-state index in [9.17, 15) is 14.7 Å². The molecule has 0 radical (unpaired) electrons. The van der Waals surface area contributed by atoms with Crippen LogP contribution >= 0.6 is 0 Å². The van der Waals surface area contributed by atoms with Gasteiger partial charge in [0.1, 0.15) is 5.75 Å². The van der Waals surface area contributed by atoms with Crippen LogP contribution in [0.1, 0.15) is 22.8 Å². The summed E-state index contributed by atoms with van der Waals surface area (Å²) in [5, 5.41) is 13.3. The molecule has 0 aliphatic heterocycles. The first-order valence-corrected chi connectivity index (χ1v) is 7.51. The van der Waals surface area contributed by atoms with Crippen LogP contribution in [-0.2, 0) is 4.79 Å². The third-order valence-electron chi connectivity index (χ3n) is 3.22. The molecule has 2 rings (SSSR count). The number of benzene rings is 2. The molecular weight excluding hydrogens is 340 g/mol. The van der Waals surface area contributed by atoms with Gasteiger partial charge in [0.15, 0.2) is 11.5 Å². The lowest BCUT2D eigenvalue weighted by atomic mass is 10.2. The van der Waals surface area contributed by atoms with E-state index in [4.69, 9.17) is 14.2 Å². The SMILES string of the molecule is COc1cc(/C=N/NC(=O)c2cccc(O)c2)cc(OC)c1OC(C)=O. The van der Waals surface area contributed by atoms with E-state index in [1.165, 1.54) is 39.5 Å². The molecule has 8 heteroatoms. The molecule has 0 aliphatic carbocycles. The smallest absolute Gasteiger partial charge is 0.308 e. The van der Waals surface area contributed by atoms with Gasteiger partial charge in [0.25, 0.3) is 5.91 Å². The van der Waals surface area contributed by atoms with Gasteiger partial charge >= 0.3 is 5.97 Å². The first-order chi connectivity index (χ1) is 12.4. The van der Waals surface area contributed by atoms with Crippen molar-refractivity contribution < 1.29 is 28.9 Å². The Kier molecular flexibility index (Phi) is 6.15. The number of esters is 1. The van der Waals surface area contributed by atoms with Crippen molar-refractivity contribution >= 4 is 18.1 Å². The van der Waals surface area contributed by atoms with Gasteiger partial charge in [0.2, 0.25) is 5.75 Å². The van der Waals surface area contributed by atoms with Gasteiger partial charge in [-0.05, 0) is 30.3 Å². The number of ether oxygens (including phenoxy) is 3. The lowest BCUT2D eigenvalue weighted by molar-refractivity contribution is -0.132. The number of aromatic hydroxyl groups is 1. The first kappa shape index (κ1) is 18.8. The number of nitrogens with zero attached hydrogens (tertiary/aromatic N) is 1. The summed E-state index contributed by atoms with van der Waals surface area (Å²) in [5.74, 6) is -0.296. The van der Waals surface area contributed by atoms with Gasteiger partial charge in [0.05, 0.1) is 20.4 Å². The third kappa shape index (κ3) is 4.73. The Morgan fingerprint density at radius 2 is 1.77 bits per heavy atom. The van der Waals surface area contributed by atoms with Gasteiger partial charge in [-0.15, -0.1) is 0 Å². The van der Waals surface area contributed by atoms with Crippen molar-refractivity contribution in [3.8, 4) is 23.0 Å². The van der Waals surface area contributed by atoms with E-state index in [0.717, 1.165) is 0 Å². The van der Waals surface area contributed by atoms with Crippen molar-refractivity contribution in [2.45, 2.75) is 6.92 Å². The van der Waals surface area contributed by atoms with E-state index in [2.05, 4.69) is 10.5 Å². The lowest BCUT2D eigenvalue weighted by Crippen LogP contribution is -2.17. The van der Waals surface area contributed by atoms with E-state index in [-0.39, 0.29) is 28.6 Å². The Morgan fingerprint density at radius 3 is 2.31 bits per heavy atom. The summed E-state index contributed by atoms with van der Waals surface area (Å²) in [4.78, 5) is 23.2. The van der Waals surface area contributed by atoms with Gasteiger partial charge in [-0.2, -0.15) is 5.10 Å². The molecule has 2 N–H and O–H groups in total. The van der Waals surface area contributed by atoms with Crippen LogP contribution in [0.2, 0.25) is 0 Å². The molecule has 0 heterocycles. The average molecular weight is 358 g/mol. The summed E-state index contributed by atoms with van der Waals surface area (Å²) >= 11 is 0. The summed E-state index contributed by atoms with van der Waals surface area (Å²) in [6, 6.07) is 9.03. The van der Waals surface area contributed by atoms with Gasteiger partial charge in [0, 0.05) is 18.1 Å². The summed E-state index contributed by atoms with van der Waals surface area (Å²) in [6.07, 6.45) is 1.38. The predicted octanol–water partition coefficient (Wildman–Crippen LogP) is 2.10. The summed E-state index contributed by atoms with van der Waals surface area (Å²) in [7, 11) is 2.85. The van der Waals surface area contributed by atoms with Gasteiger partial charge in [-0.1, -0.05) is 6.07 Å². The van der Waals surface area contributed by atoms with Crippen LogP contribution in [0.4, 0.5) is 0 Å². The maximum absolute atomic E-state index is 12.0. The second-order valence-electron chi connectivity index (χ2n) is 5.10. The molecule has 0 aromatic heterocycles. The highest BCUT2D eigenvalue weighted by molar-refractivity contribution is 5.95. The van der Waals surface area contributed by atoms with Crippen LogP contribution in [0.3, 0.4) is 0 Å². The molecule has 136 valence electrons. The van der Waals surface area contributed by atoms with Crippen molar-refractivity contribution in [3.63, 3.8) is 0 Å². The minimum absolute atomic E-state index is 0.0165. The molecule has 2 aromatic carbocycles. The molecule has 0 fully saturated rings. The van der Waals surface area contributed by atoms with Gasteiger partial charge in [-0.3, -0.25) is 9.59 Å². The molecule has 0 saturated heterocycles. The Bertz CT molecular complexity index is 822. The Balaban J connectivity index is 2.19. The topological polar surface area (TPSA) is 106 Å². The molecule has 0 saturated carbocycles. The van der Waals surface area contributed by atoms with E-state index in [0.29, 0.717) is 5.56 Å². The minimum atomic E-state index is -0.513. The van der Waals surface area contributed by atoms with Gasteiger partial charge in [-0.25, -0.2) is 5.43 Å². The zero-order chi connectivity index (χ0) is 19.1. The number of phenolic OH excluding ortho intramolecular Hbond substituents is 1. The molecule has 0 atom stereocenters. The maximum Gasteiger partial charge on any atom is 0.308 e. The van der Waals surface area contributed by atoms with Crippen LogP contribution in [0.15, 0.2) is 41.5 Å². The normalized spacial score (nSPS) is 10.4. The number of phenols is 1. The number of carbonyl (C=O) groups is 2. The molecule has 2 aromatic rings. The Hall–Kier alpha value is -3.55. The van der Waals surface area contributed by atoms with Crippen molar-refractivity contribution in [2.24, 2.45) is 5.10 Å². The van der Waals surface area contributed by atoms with Crippen molar-refractivity contribution in [1.29, 1.82) is 0 Å². The molecule has 1 amide bonds. The molecule has 26 heavy (non-hydrogen) atoms. The monoisotopic (exact) mass is 358 g/mol. The zero-order valence-electron chi connectivity index (χ0n) is 14.5. The highest BCUT2D eigenvalue weighted by Crippen LogP contribution is 2.38. The molecule has 0 spiro atoms. The number of methoxy groups -OCH3 is 2. The fraction of sp³-hybridized carbons (Fsp3) is 0.167. The van der Waals surface area contributed by atoms with Crippen molar-refractivity contribution in [2.75, 3.05) is 14.2 Å². The quantitative estimate of drug-likeness (QED) is 0.354. The maximum atomic E-state index is 12.0. The number of rotatable bonds is 6. The Morgan fingerprint density at radius 1 is 1.12 bits per heavy atom. The number of hydrogen-bond donors (Lipinski definition) is 2. The van der Waals surface area contributed by atoms with Crippen molar-refractivity contribution in [1.82, 2.24) is 5.43 Å². The van der Waals surface area contributed by atoms with E-state index < -0.39 is 11.9 Å². The molecule has 0 unspecified atom stereocenters. The second-order valence-corrected chi connectivity index (χ2v) is 5.10. The Labute approximate surface area is 150 Å². The number of hydrogen-bond acceptors (Lipinski definition) is 7. The fourth-order valence-corrected chi connectivity index (χ4v) is 2.10. The van der Waals surface area contributed by atoms with Crippen LogP contribution in [0.5, 0.6) is 23.0 Å². The van der Waals surface area contributed by atoms with Gasteiger partial charge < -0.3 is 19.3 Å². The lowest BCUT2D eigenvalue weighted by Gasteiger charge is -2.13. The van der Waals surface area contributed by atoms with Crippen LogP contribution in [0, 0.1) is 0 Å². The molecule has 0 aliphatic rings. The zero-order valence-corrected chi connectivity index (χ0v) is 14.5. The summed E-state index contributed by atoms with van der Waals surface area (Å²) in [5.41, 5.74) is 3.16. The number of hydrazone groups is 1. The minimum Gasteiger partial charge on any atom is -0.508 e. The number of nitrogens with one attached hydrogen (secondary N) is 1. The second kappa shape index (κ2) is 8.52. The fourth-order valence-electron chi connectivity index (χ4n) is 2.10. The largest absolute Gasteiger partial charge is 0.508 e. The van der Waals surface area contributed by atoms with E-state index in [1.807, 2.05) is 0 Å². The average Bonchev–Trinajstić information content (AvgIpc) is 2.61. The van der Waals surface area contributed by atoms with Crippen LogP contribution in [0.25, 0.3) is 0 Å². The number of carbonyl (C=O) groups excluding carboxylic acids is 2.